The molecule has 1 unspecified atom stereocenters. The molecule has 2 amide bonds. The molecule has 1 aromatic rings. The van der Waals surface area contributed by atoms with Gasteiger partial charge < -0.3 is 10.2 Å². The fourth-order valence-corrected chi connectivity index (χ4v) is 2.41. The van der Waals surface area contributed by atoms with E-state index in [1.165, 1.54) is 0 Å². The Morgan fingerprint density at radius 3 is 2.83 bits per heavy atom. The van der Waals surface area contributed by atoms with Gasteiger partial charge >= 0.3 is 0 Å². The van der Waals surface area contributed by atoms with Crippen LogP contribution in [0.3, 0.4) is 0 Å². The van der Waals surface area contributed by atoms with Crippen LogP contribution in [-0.4, -0.2) is 36.3 Å². The lowest BCUT2D eigenvalue weighted by atomic mass is 10.1. The van der Waals surface area contributed by atoms with Crippen LogP contribution in [0.15, 0.2) is 22.7 Å². The molecule has 5 heteroatoms. The summed E-state index contributed by atoms with van der Waals surface area (Å²) < 4.78 is 0.894. The highest BCUT2D eigenvalue weighted by molar-refractivity contribution is 9.10. The smallest absolute Gasteiger partial charge is 0.252 e. The largest absolute Gasteiger partial charge is 0.344 e. The number of likely N-dealkylation sites (N-methyl/N-ethyl adjacent to an activating group) is 1. The van der Waals surface area contributed by atoms with E-state index in [9.17, 15) is 9.59 Å². The van der Waals surface area contributed by atoms with Gasteiger partial charge in [0.15, 0.2) is 0 Å². The maximum absolute atomic E-state index is 12.1. The van der Waals surface area contributed by atoms with E-state index < -0.39 is 0 Å². The van der Waals surface area contributed by atoms with Gasteiger partial charge in [-0.3, -0.25) is 9.59 Å². The zero-order valence-electron chi connectivity index (χ0n) is 10.4. The number of nitrogens with zero attached hydrogens (tertiary/aromatic N) is 1. The molecule has 0 aromatic heterocycles. The van der Waals surface area contributed by atoms with Crippen LogP contribution < -0.4 is 5.32 Å². The predicted molar refractivity (Wildman–Crippen MR) is 72.4 cm³/mol. The Kier molecular flexibility index (Phi) is 3.71. The zero-order valence-corrected chi connectivity index (χ0v) is 12.0. The van der Waals surface area contributed by atoms with E-state index in [4.69, 9.17) is 0 Å². The topological polar surface area (TPSA) is 49.4 Å². The van der Waals surface area contributed by atoms with Crippen LogP contribution in [0.1, 0.15) is 22.3 Å². The minimum atomic E-state index is -0.388. The Hall–Kier alpha value is -1.36. The van der Waals surface area contributed by atoms with Crippen molar-refractivity contribution >= 4 is 27.7 Å². The van der Waals surface area contributed by atoms with E-state index in [1.807, 2.05) is 19.1 Å². The molecule has 0 radical (unpaired) electrons. The SMILES string of the molecule is Cc1c(Br)cccc1C(=O)NC1CCN(C)C1=O. The first-order valence-electron chi connectivity index (χ1n) is 5.81. The standard InChI is InChI=1S/C13H15BrN2O2/c1-8-9(4-3-5-10(8)14)12(17)15-11-6-7-16(2)13(11)18/h3-5,11H,6-7H2,1-2H3,(H,15,17). The molecule has 18 heavy (non-hydrogen) atoms. The summed E-state index contributed by atoms with van der Waals surface area (Å²) in [6.45, 7) is 2.57. The summed E-state index contributed by atoms with van der Waals surface area (Å²) in [7, 11) is 1.75. The van der Waals surface area contributed by atoms with Crippen LogP contribution in [0, 0.1) is 6.92 Å². The number of nitrogens with one attached hydrogen (secondary N) is 1. The summed E-state index contributed by atoms with van der Waals surface area (Å²) in [6, 6.07) is 5.08. The van der Waals surface area contributed by atoms with E-state index in [-0.39, 0.29) is 17.9 Å². The van der Waals surface area contributed by atoms with Crippen molar-refractivity contribution in [3.63, 3.8) is 0 Å². The highest BCUT2D eigenvalue weighted by Gasteiger charge is 2.30. The van der Waals surface area contributed by atoms with Gasteiger partial charge in [0.1, 0.15) is 6.04 Å². The summed E-state index contributed by atoms with van der Waals surface area (Å²) in [5.74, 6) is -0.210. The second-order valence-corrected chi connectivity index (χ2v) is 5.34. The highest BCUT2D eigenvalue weighted by atomic mass is 79.9. The molecule has 0 bridgehead atoms. The second-order valence-electron chi connectivity index (χ2n) is 4.49. The molecule has 1 aliphatic rings. The predicted octanol–water partition coefficient (Wildman–Crippen LogP) is 1.72. The Balaban J connectivity index is 2.13. The first kappa shape index (κ1) is 13.1. The van der Waals surface area contributed by atoms with E-state index in [1.54, 1.807) is 18.0 Å². The molecule has 4 nitrogen and oxygen atoms in total. The molecular formula is C13H15BrN2O2. The summed E-state index contributed by atoms with van der Waals surface area (Å²) in [4.78, 5) is 25.5. The van der Waals surface area contributed by atoms with Gasteiger partial charge in [0, 0.05) is 23.6 Å². The molecule has 1 heterocycles. The number of carbonyl (C=O) groups is 2. The number of halogens is 1. The number of likely N-dealkylation sites (tertiary alicyclic amines) is 1. The number of rotatable bonds is 2. The molecule has 0 saturated carbocycles. The lowest BCUT2D eigenvalue weighted by molar-refractivity contribution is -0.128. The van der Waals surface area contributed by atoms with Crippen LogP contribution in [-0.2, 0) is 4.79 Å². The van der Waals surface area contributed by atoms with Gasteiger partial charge in [-0.2, -0.15) is 0 Å². The third-order valence-electron chi connectivity index (χ3n) is 3.25. The quantitative estimate of drug-likeness (QED) is 0.904. The molecule has 1 aromatic carbocycles. The van der Waals surface area contributed by atoms with Crippen molar-refractivity contribution in [1.82, 2.24) is 10.2 Å². The maximum atomic E-state index is 12.1. The first-order valence-corrected chi connectivity index (χ1v) is 6.61. The number of benzene rings is 1. The number of hydrogen-bond donors (Lipinski definition) is 1. The summed E-state index contributed by atoms with van der Waals surface area (Å²) in [5, 5.41) is 2.79. The van der Waals surface area contributed by atoms with Crippen molar-refractivity contribution in [2.24, 2.45) is 0 Å². The number of hydrogen-bond acceptors (Lipinski definition) is 2. The monoisotopic (exact) mass is 310 g/mol. The van der Waals surface area contributed by atoms with Gasteiger partial charge in [0.25, 0.3) is 5.91 Å². The number of carbonyl (C=O) groups excluding carboxylic acids is 2. The van der Waals surface area contributed by atoms with E-state index in [0.29, 0.717) is 18.5 Å². The van der Waals surface area contributed by atoms with Crippen molar-refractivity contribution in [3.05, 3.63) is 33.8 Å². The van der Waals surface area contributed by atoms with Crippen molar-refractivity contribution in [3.8, 4) is 0 Å². The van der Waals surface area contributed by atoms with Crippen molar-refractivity contribution in [2.75, 3.05) is 13.6 Å². The molecule has 1 N–H and O–H groups in total. The normalized spacial score (nSPS) is 19.2. The molecule has 0 spiro atoms. The second kappa shape index (κ2) is 5.10. The van der Waals surface area contributed by atoms with Crippen molar-refractivity contribution in [1.29, 1.82) is 0 Å². The molecule has 1 aliphatic heterocycles. The van der Waals surface area contributed by atoms with Crippen LogP contribution >= 0.6 is 15.9 Å². The van der Waals surface area contributed by atoms with E-state index in [2.05, 4.69) is 21.2 Å². The highest BCUT2D eigenvalue weighted by Crippen LogP contribution is 2.20. The van der Waals surface area contributed by atoms with Crippen LogP contribution in [0.4, 0.5) is 0 Å². The Bertz CT molecular complexity index is 502. The Labute approximate surface area is 114 Å². The lowest BCUT2D eigenvalue weighted by Gasteiger charge is -2.13. The van der Waals surface area contributed by atoms with Gasteiger partial charge in [0.05, 0.1) is 0 Å². The molecular weight excluding hydrogens is 296 g/mol. The molecule has 1 saturated heterocycles. The third-order valence-corrected chi connectivity index (χ3v) is 4.10. The third kappa shape index (κ3) is 2.41. The minimum absolute atomic E-state index is 0.0176. The van der Waals surface area contributed by atoms with Gasteiger partial charge in [-0.1, -0.05) is 22.0 Å². The summed E-state index contributed by atoms with van der Waals surface area (Å²) in [6.07, 6.45) is 0.675. The Morgan fingerprint density at radius 2 is 2.22 bits per heavy atom. The van der Waals surface area contributed by atoms with Crippen LogP contribution in [0.2, 0.25) is 0 Å². The lowest BCUT2D eigenvalue weighted by Crippen LogP contribution is -2.40. The van der Waals surface area contributed by atoms with Gasteiger partial charge in [0.2, 0.25) is 5.91 Å². The average Bonchev–Trinajstić information content (AvgIpc) is 2.64. The van der Waals surface area contributed by atoms with Gasteiger partial charge in [-0.25, -0.2) is 0 Å². The van der Waals surface area contributed by atoms with Gasteiger partial charge in [-0.15, -0.1) is 0 Å². The number of amides is 2. The molecule has 0 aliphatic carbocycles. The first-order chi connectivity index (χ1) is 8.50. The fraction of sp³-hybridized carbons (Fsp3) is 0.385. The van der Waals surface area contributed by atoms with Crippen LogP contribution in [0.5, 0.6) is 0 Å². The van der Waals surface area contributed by atoms with Gasteiger partial charge in [-0.05, 0) is 31.0 Å². The molecule has 1 fully saturated rings. The Morgan fingerprint density at radius 1 is 1.50 bits per heavy atom. The summed E-state index contributed by atoms with van der Waals surface area (Å²) in [5.41, 5.74) is 1.49. The minimum Gasteiger partial charge on any atom is -0.344 e. The fourth-order valence-electron chi connectivity index (χ4n) is 2.05. The van der Waals surface area contributed by atoms with E-state index in [0.717, 1.165) is 10.0 Å². The van der Waals surface area contributed by atoms with Crippen molar-refractivity contribution in [2.45, 2.75) is 19.4 Å². The van der Waals surface area contributed by atoms with Crippen LogP contribution in [0.25, 0.3) is 0 Å². The molecule has 1 atom stereocenters. The maximum Gasteiger partial charge on any atom is 0.252 e. The summed E-state index contributed by atoms with van der Waals surface area (Å²) >= 11 is 3.39. The van der Waals surface area contributed by atoms with E-state index >= 15 is 0 Å². The zero-order chi connectivity index (χ0) is 13.3. The average molecular weight is 311 g/mol. The molecule has 2 rings (SSSR count). The molecule has 96 valence electrons. The van der Waals surface area contributed by atoms with Crippen molar-refractivity contribution < 1.29 is 9.59 Å².